The van der Waals surface area contributed by atoms with Crippen molar-refractivity contribution < 1.29 is 19.1 Å². The molecule has 3 saturated heterocycles. The van der Waals surface area contributed by atoms with Crippen LogP contribution in [0.4, 0.5) is 5.69 Å². The quantitative estimate of drug-likeness (QED) is 0.564. The molecule has 3 heterocycles. The van der Waals surface area contributed by atoms with Crippen LogP contribution in [-0.4, -0.2) is 85.4 Å². The summed E-state index contributed by atoms with van der Waals surface area (Å²) in [5.74, 6) is -0.0215. The van der Waals surface area contributed by atoms with Gasteiger partial charge >= 0.3 is 0 Å². The number of nitrogens with two attached hydrogens (primary N) is 1. The number of likely N-dealkylation sites (tertiary alicyclic amines) is 1. The number of benzene rings is 1. The van der Waals surface area contributed by atoms with Crippen LogP contribution in [0.1, 0.15) is 73.7 Å². The smallest absolute Gasteiger partial charge is 0.249 e. The van der Waals surface area contributed by atoms with E-state index in [4.69, 9.17) is 10.5 Å². The molecule has 5 fully saturated rings. The fourth-order valence-corrected chi connectivity index (χ4v) is 7.69. The molecule has 6 rings (SSSR count). The minimum Gasteiger partial charge on any atom is -0.369 e. The highest BCUT2D eigenvalue weighted by atomic mass is 16.5. The summed E-state index contributed by atoms with van der Waals surface area (Å²) in [6.45, 7) is 7.86. The topological polar surface area (TPSA) is 96.2 Å². The van der Waals surface area contributed by atoms with E-state index < -0.39 is 17.9 Å². The van der Waals surface area contributed by atoms with Gasteiger partial charge in [-0.2, -0.15) is 0 Å². The summed E-state index contributed by atoms with van der Waals surface area (Å²) in [7, 11) is 0. The maximum absolute atomic E-state index is 14.5. The third-order valence-electron chi connectivity index (χ3n) is 9.79. The van der Waals surface area contributed by atoms with Crippen molar-refractivity contribution in [1.82, 2.24) is 9.80 Å². The summed E-state index contributed by atoms with van der Waals surface area (Å²) in [6, 6.07) is 5.39. The summed E-state index contributed by atoms with van der Waals surface area (Å²) >= 11 is 0. The number of nitrogens with zero attached hydrogens (tertiary/aromatic N) is 3. The second-order valence-electron chi connectivity index (χ2n) is 12.2. The zero-order chi connectivity index (χ0) is 26.4. The van der Waals surface area contributed by atoms with Crippen LogP contribution >= 0.6 is 0 Å². The molecule has 0 aromatic heterocycles. The van der Waals surface area contributed by atoms with E-state index >= 15 is 0 Å². The highest BCUT2D eigenvalue weighted by molar-refractivity contribution is 5.99. The lowest BCUT2D eigenvalue weighted by Crippen LogP contribution is -2.47. The Hall–Kier alpha value is -2.45. The molecule has 2 aliphatic carbocycles. The van der Waals surface area contributed by atoms with E-state index in [2.05, 4.69) is 22.8 Å². The molecule has 0 spiro atoms. The predicted molar refractivity (Wildman–Crippen MR) is 145 cm³/mol. The zero-order valence-electron chi connectivity index (χ0n) is 22.6. The third kappa shape index (κ3) is 4.75. The van der Waals surface area contributed by atoms with E-state index in [0.29, 0.717) is 18.0 Å². The molecule has 8 nitrogen and oxygen atoms in total. The monoisotopic (exact) mass is 522 g/mol. The van der Waals surface area contributed by atoms with Gasteiger partial charge in [0.2, 0.25) is 11.8 Å². The van der Waals surface area contributed by atoms with Crippen molar-refractivity contribution in [2.75, 3.05) is 50.8 Å². The minimum absolute atomic E-state index is 0.0127. The Kier molecular flexibility index (Phi) is 7.20. The highest BCUT2D eigenvalue weighted by Gasteiger charge is 2.57. The Morgan fingerprint density at radius 3 is 2.47 bits per heavy atom. The third-order valence-corrected chi connectivity index (χ3v) is 9.79. The summed E-state index contributed by atoms with van der Waals surface area (Å²) < 4.78 is 5.95. The van der Waals surface area contributed by atoms with Crippen molar-refractivity contribution in [2.45, 2.75) is 69.9 Å². The van der Waals surface area contributed by atoms with Crippen LogP contribution in [0.15, 0.2) is 18.2 Å². The van der Waals surface area contributed by atoms with Gasteiger partial charge in [-0.05, 0) is 74.2 Å². The number of anilines is 1. The van der Waals surface area contributed by atoms with Crippen LogP contribution in [0.3, 0.4) is 0 Å². The average molecular weight is 523 g/mol. The molecule has 38 heavy (non-hydrogen) atoms. The molecule has 206 valence electrons. The van der Waals surface area contributed by atoms with E-state index in [1.807, 2.05) is 17.0 Å². The lowest BCUT2D eigenvalue weighted by Gasteiger charge is -2.37. The molecule has 2 amide bonds. The second-order valence-corrected chi connectivity index (χ2v) is 12.2. The van der Waals surface area contributed by atoms with Crippen molar-refractivity contribution in [1.29, 1.82) is 0 Å². The van der Waals surface area contributed by atoms with Gasteiger partial charge in [-0.3, -0.25) is 19.3 Å². The van der Waals surface area contributed by atoms with Gasteiger partial charge in [0, 0.05) is 49.9 Å². The van der Waals surface area contributed by atoms with Crippen LogP contribution in [0.2, 0.25) is 0 Å². The predicted octanol–water partition coefficient (Wildman–Crippen LogP) is 2.80. The SMILES string of the molecule is CCCN1CCN(c2ccc(C(N)=O)c([C@@H](C(=O)N3C[C@@H](C4CC4)[C@H]4OCC(=O)[C@H]43)C3CCCC3)c2)CC1. The van der Waals surface area contributed by atoms with Crippen LogP contribution in [0.5, 0.6) is 0 Å². The number of amides is 2. The highest BCUT2D eigenvalue weighted by Crippen LogP contribution is 2.48. The second kappa shape index (κ2) is 10.6. The van der Waals surface area contributed by atoms with Crippen molar-refractivity contribution in [3.05, 3.63) is 29.3 Å². The lowest BCUT2D eigenvalue weighted by atomic mass is 9.80. The summed E-state index contributed by atoms with van der Waals surface area (Å²) in [4.78, 5) is 46.8. The van der Waals surface area contributed by atoms with E-state index in [1.165, 1.54) is 0 Å². The molecule has 2 N–H and O–H groups in total. The van der Waals surface area contributed by atoms with Crippen LogP contribution in [-0.2, 0) is 14.3 Å². The maximum Gasteiger partial charge on any atom is 0.249 e. The Balaban J connectivity index is 1.34. The largest absolute Gasteiger partial charge is 0.369 e. The number of fused-ring (bicyclic) bond motifs is 1. The lowest BCUT2D eigenvalue weighted by molar-refractivity contribution is -0.138. The number of rotatable bonds is 8. The minimum atomic E-state index is -0.495. The number of hydrogen-bond acceptors (Lipinski definition) is 6. The van der Waals surface area contributed by atoms with Crippen LogP contribution in [0, 0.1) is 17.8 Å². The molecule has 5 aliphatic rings. The van der Waals surface area contributed by atoms with E-state index in [1.54, 1.807) is 0 Å². The maximum atomic E-state index is 14.5. The fraction of sp³-hybridized carbons (Fsp3) is 0.700. The molecule has 1 aromatic carbocycles. The summed E-state index contributed by atoms with van der Waals surface area (Å²) in [5, 5.41) is 0. The van der Waals surface area contributed by atoms with Crippen molar-refractivity contribution in [3.63, 3.8) is 0 Å². The number of ether oxygens (including phenoxy) is 1. The van der Waals surface area contributed by atoms with Gasteiger partial charge in [0.1, 0.15) is 12.6 Å². The van der Waals surface area contributed by atoms with E-state index in [0.717, 1.165) is 88.9 Å². The van der Waals surface area contributed by atoms with Crippen molar-refractivity contribution in [2.24, 2.45) is 23.5 Å². The molecule has 8 heteroatoms. The fourth-order valence-electron chi connectivity index (χ4n) is 7.69. The number of Topliss-reactive ketones (excluding diaryl/α,β-unsaturated/α-hetero) is 1. The zero-order valence-corrected chi connectivity index (χ0v) is 22.6. The Bertz CT molecular complexity index is 1070. The molecule has 4 atom stereocenters. The standard InChI is InChI=1S/C30H42N4O4/c1-2-11-32-12-14-33(15-13-32)21-9-10-22(29(31)36)23(16-21)26(20-5-3-4-6-20)30(37)34-17-24(19-7-8-19)28-27(34)25(35)18-38-28/h9-10,16,19-20,24,26-28H,2-8,11-15,17-18H2,1H3,(H2,31,36)/t24-,26-,27+,28+/m0/s1. The molecule has 0 bridgehead atoms. The number of carbonyl (C=O) groups is 3. The van der Waals surface area contributed by atoms with Gasteiger partial charge in [-0.1, -0.05) is 19.8 Å². The van der Waals surface area contributed by atoms with Crippen LogP contribution in [0.25, 0.3) is 0 Å². The van der Waals surface area contributed by atoms with Gasteiger partial charge in [0.25, 0.3) is 0 Å². The first kappa shape index (κ1) is 25.8. The Morgan fingerprint density at radius 1 is 1.08 bits per heavy atom. The number of ketones is 1. The number of piperazine rings is 1. The number of carbonyl (C=O) groups excluding carboxylic acids is 3. The Labute approximate surface area is 225 Å². The molecule has 0 radical (unpaired) electrons. The van der Waals surface area contributed by atoms with Gasteiger partial charge in [0.15, 0.2) is 5.78 Å². The molecular weight excluding hydrogens is 480 g/mol. The molecule has 3 aliphatic heterocycles. The summed E-state index contributed by atoms with van der Waals surface area (Å²) in [5.41, 5.74) is 8.14. The van der Waals surface area contributed by atoms with Gasteiger partial charge < -0.3 is 20.3 Å². The number of primary amides is 1. The molecular formula is C30H42N4O4. The first-order valence-electron chi connectivity index (χ1n) is 14.8. The average Bonchev–Trinajstić information content (AvgIpc) is 3.30. The normalized spacial score (nSPS) is 29.2. The van der Waals surface area contributed by atoms with Gasteiger partial charge in [0.05, 0.1) is 12.0 Å². The molecule has 0 unspecified atom stereocenters. The van der Waals surface area contributed by atoms with Gasteiger partial charge in [-0.25, -0.2) is 0 Å². The van der Waals surface area contributed by atoms with E-state index in [9.17, 15) is 14.4 Å². The Morgan fingerprint density at radius 2 is 1.82 bits per heavy atom. The van der Waals surface area contributed by atoms with E-state index in [-0.39, 0.29) is 36.2 Å². The summed E-state index contributed by atoms with van der Waals surface area (Å²) in [6.07, 6.45) is 7.34. The first-order chi connectivity index (χ1) is 18.5. The van der Waals surface area contributed by atoms with Crippen LogP contribution < -0.4 is 10.6 Å². The number of hydrogen-bond donors (Lipinski definition) is 1. The molecule has 1 aromatic rings. The first-order valence-corrected chi connectivity index (χ1v) is 14.8. The van der Waals surface area contributed by atoms with Crippen molar-refractivity contribution >= 4 is 23.3 Å². The van der Waals surface area contributed by atoms with Gasteiger partial charge in [-0.15, -0.1) is 0 Å². The van der Waals surface area contributed by atoms with Crippen molar-refractivity contribution in [3.8, 4) is 0 Å². The molecule has 2 saturated carbocycles.